The Bertz CT molecular complexity index is 294. The zero-order chi connectivity index (χ0) is 8.43. The van der Waals surface area contributed by atoms with Crippen LogP contribution in [-0.4, -0.2) is 0 Å². The molecule has 0 unspecified atom stereocenters. The van der Waals surface area contributed by atoms with E-state index in [1.54, 1.807) is 0 Å². The van der Waals surface area contributed by atoms with E-state index in [4.69, 9.17) is 0 Å². The van der Waals surface area contributed by atoms with Gasteiger partial charge in [-0.05, 0) is 17.7 Å². The van der Waals surface area contributed by atoms with Gasteiger partial charge in [0, 0.05) is 4.47 Å². The third kappa shape index (κ3) is 1.66. The highest BCUT2D eigenvalue weighted by Gasteiger charge is 2.04. The summed E-state index contributed by atoms with van der Waals surface area (Å²) in [7, 11) is 0. The molecule has 0 aliphatic carbocycles. The first kappa shape index (κ1) is 8.40. The van der Waals surface area contributed by atoms with E-state index in [1.165, 1.54) is 6.08 Å². The van der Waals surface area contributed by atoms with Gasteiger partial charge in [0.1, 0.15) is 0 Å². The van der Waals surface area contributed by atoms with Gasteiger partial charge in [-0.3, -0.25) is 0 Å². The minimum absolute atomic E-state index is 0.506. The van der Waals surface area contributed by atoms with E-state index < -0.39 is 11.6 Å². The molecule has 0 radical (unpaired) electrons. The topological polar surface area (TPSA) is 0 Å². The Morgan fingerprint density at radius 3 is 2.36 bits per heavy atom. The summed E-state index contributed by atoms with van der Waals surface area (Å²) in [5.41, 5.74) is 0.545. The molecule has 0 aliphatic rings. The molecule has 1 rings (SSSR count). The smallest absolute Gasteiger partial charge is 0.159 e. The van der Waals surface area contributed by atoms with Crippen molar-refractivity contribution in [3.63, 3.8) is 0 Å². The van der Waals surface area contributed by atoms with E-state index in [1.807, 2.05) is 0 Å². The molecule has 11 heavy (non-hydrogen) atoms. The van der Waals surface area contributed by atoms with Gasteiger partial charge in [-0.15, -0.1) is 0 Å². The standard InChI is InChI=1S/C8H5BrF2/c1-2-5-3-7(10)8(11)4-6(5)9/h2-4H,1H2. The van der Waals surface area contributed by atoms with E-state index >= 15 is 0 Å². The summed E-state index contributed by atoms with van der Waals surface area (Å²) < 4.78 is 25.5. The molecule has 0 heterocycles. The monoisotopic (exact) mass is 218 g/mol. The fraction of sp³-hybridized carbons (Fsp3) is 0. The van der Waals surface area contributed by atoms with E-state index in [-0.39, 0.29) is 0 Å². The van der Waals surface area contributed by atoms with E-state index in [0.29, 0.717) is 10.0 Å². The Labute approximate surface area is 71.7 Å². The summed E-state index contributed by atoms with van der Waals surface area (Å²) in [6.07, 6.45) is 1.45. The highest BCUT2D eigenvalue weighted by Crippen LogP contribution is 2.20. The van der Waals surface area contributed by atoms with Gasteiger partial charge in [-0.2, -0.15) is 0 Å². The maximum atomic E-state index is 12.5. The first-order chi connectivity index (χ1) is 5.15. The van der Waals surface area contributed by atoms with Crippen molar-refractivity contribution in [2.45, 2.75) is 0 Å². The van der Waals surface area contributed by atoms with Crippen LogP contribution in [0.3, 0.4) is 0 Å². The Kier molecular flexibility index (Phi) is 2.39. The lowest BCUT2D eigenvalue weighted by molar-refractivity contribution is 0.507. The van der Waals surface area contributed by atoms with Crippen LogP contribution in [0.25, 0.3) is 6.08 Å². The largest absolute Gasteiger partial charge is 0.204 e. The SMILES string of the molecule is C=Cc1cc(F)c(F)cc1Br. The number of hydrogen-bond acceptors (Lipinski definition) is 0. The van der Waals surface area contributed by atoms with Crippen molar-refractivity contribution < 1.29 is 8.78 Å². The molecule has 0 aromatic heterocycles. The molecular formula is C8H5BrF2. The van der Waals surface area contributed by atoms with Crippen LogP contribution in [0.4, 0.5) is 8.78 Å². The lowest BCUT2D eigenvalue weighted by Gasteiger charge is -1.98. The molecule has 0 amide bonds. The molecule has 0 N–H and O–H groups in total. The lowest BCUT2D eigenvalue weighted by atomic mass is 10.2. The van der Waals surface area contributed by atoms with E-state index in [9.17, 15) is 8.78 Å². The Balaban J connectivity index is 3.31. The molecule has 1 aromatic rings. The number of rotatable bonds is 1. The van der Waals surface area contributed by atoms with Gasteiger partial charge in [0.05, 0.1) is 0 Å². The summed E-state index contributed by atoms with van der Waals surface area (Å²) >= 11 is 3.06. The van der Waals surface area contributed by atoms with E-state index in [0.717, 1.165) is 12.1 Å². The zero-order valence-corrected chi connectivity index (χ0v) is 7.16. The Morgan fingerprint density at radius 1 is 1.27 bits per heavy atom. The second-order valence-electron chi connectivity index (χ2n) is 1.99. The minimum atomic E-state index is -0.859. The van der Waals surface area contributed by atoms with Crippen LogP contribution in [0, 0.1) is 11.6 Å². The fourth-order valence-corrected chi connectivity index (χ4v) is 1.17. The quantitative estimate of drug-likeness (QED) is 0.635. The van der Waals surface area contributed by atoms with Gasteiger partial charge in [0.15, 0.2) is 11.6 Å². The van der Waals surface area contributed by atoms with E-state index in [2.05, 4.69) is 22.5 Å². The summed E-state index contributed by atoms with van der Waals surface area (Å²) in [6.45, 7) is 3.44. The van der Waals surface area contributed by atoms with Crippen LogP contribution in [0.1, 0.15) is 5.56 Å². The molecule has 0 spiro atoms. The first-order valence-corrected chi connectivity index (χ1v) is 3.71. The number of halogens is 3. The van der Waals surface area contributed by atoms with Crippen LogP contribution in [0.2, 0.25) is 0 Å². The van der Waals surface area contributed by atoms with Crippen LogP contribution in [0.15, 0.2) is 23.2 Å². The lowest BCUT2D eigenvalue weighted by Crippen LogP contribution is -1.85. The van der Waals surface area contributed by atoms with Gasteiger partial charge < -0.3 is 0 Å². The molecule has 0 nitrogen and oxygen atoms in total. The maximum Gasteiger partial charge on any atom is 0.159 e. The van der Waals surface area contributed by atoms with Crippen LogP contribution in [-0.2, 0) is 0 Å². The average molecular weight is 219 g/mol. The second kappa shape index (κ2) is 3.13. The summed E-state index contributed by atoms with van der Waals surface area (Å²) in [5, 5.41) is 0. The molecule has 0 bridgehead atoms. The molecule has 0 saturated heterocycles. The maximum absolute atomic E-state index is 12.5. The number of hydrogen-bond donors (Lipinski definition) is 0. The molecular weight excluding hydrogens is 214 g/mol. The van der Waals surface area contributed by atoms with Crippen molar-refractivity contribution in [3.05, 3.63) is 40.4 Å². The normalized spacial score (nSPS) is 9.73. The summed E-state index contributed by atoms with van der Waals surface area (Å²) in [6, 6.07) is 2.17. The molecule has 0 fully saturated rings. The molecule has 1 aromatic carbocycles. The van der Waals surface area contributed by atoms with Crippen molar-refractivity contribution in [1.29, 1.82) is 0 Å². The molecule has 0 aliphatic heterocycles. The van der Waals surface area contributed by atoms with Gasteiger partial charge in [0.25, 0.3) is 0 Å². The van der Waals surface area contributed by atoms with Crippen molar-refractivity contribution in [3.8, 4) is 0 Å². The number of benzene rings is 1. The molecule has 0 saturated carbocycles. The van der Waals surface area contributed by atoms with Crippen molar-refractivity contribution in [2.75, 3.05) is 0 Å². The molecule has 3 heteroatoms. The minimum Gasteiger partial charge on any atom is -0.204 e. The van der Waals surface area contributed by atoms with Gasteiger partial charge in [0.2, 0.25) is 0 Å². The molecule has 58 valence electrons. The van der Waals surface area contributed by atoms with Crippen LogP contribution in [0.5, 0.6) is 0 Å². The summed E-state index contributed by atoms with van der Waals surface area (Å²) in [5.74, 6) is -1.72. The Hall–Kier alpha value is -0.700. The summed E-state index contributed by atoms with van der Waals surface area (Å²) in [4.78, 5) is 0. The third-order valence-corrected chi connectivity index (χ3v) is 1.95. The third-order valence-electron chi connectivity index (χ3n) is 1.26. The predicted octanol–water partition coefficient (Wildman–Crippen LogP) is 3.37. The molecule has 0 atom stereocenters. The fourth-order valence-electron chi connectivity index (χ4n) is 0.694. The van der Waals surface area contributed by atoms with Crippen molar-refractivity contribution >= 4 is 22.0 Å². The van der Waals surface area contributed by atoms with Crippen molar-refractivity contribution in [1.82, 2.24) is 0 Å². The van der Waals surface area contributed by atoms with Gasteiger partial charge in [-0.25, -0.2) is 8.78 Å². The second-order valence-corrected chi connectivity index (χ2v) is 2.85. The van der Waals surface area contributed by atoms with Crippen LogP contribution < -0.4 is 0 Å². The van der Waals surface area contributed by atoms with Gasteiger partial charge in [-0.1, -0.05) is 28.6 Å². The zero-order valence-electron chi connectivity index (χ0n) is 5.57. The first-order valence-electron chi connectivity index (χ1n) is 2.92. The highest BCUT2D eigenvalue weighted by molar-refractivity contribution is 9.10. The van der Waals surface area contributed by atoms with Crippen molar-refractivity contribution in [2.24, 2.45) is 0 Å². The van der Waals surface area contributed by atoms with Crippen LogP contribution >= 0.6 is 15.9 Å². The van der Waals surface area contributed by atoms with Gasteiger partial charge >= 0.3 is 0 Å². The Morgan fingerprint density at radius 2 is 1.82 bits per heavy atom. The highest BCUT2D eigenvalue weighted by atomic mass is 79.9. The predicted molar refractivity (Wildman–Crippen MR) is 44.1 cm³/mol. The average Bonchev–Trinajstić information content (AvgIpc) is 1.97.